The van der Waals surface area contributed by atoms with E-state index in [0.29, 0.717) is 0 Å². The molecule has 4 heteroatoms. The number of aryl methyl sites for hydroxylation is 1. The van der Waals surface area contributed by atoms with Gasteiger partial charge in [-0.15, -0.1) is 11.3 Å². The quantitative estimate of drug-likeness (QED) is 0.844. The third kappa shape index (κ3) is 2.77. The molecular formula is C11H19N3S. The van der Waals surface area contributed by atoms with Gasteiger partial charge in [0.05, 0.1) is 5.01 Å². The fourth-order valence-corrected chi connectivity index (χ4v) is 2.95. The lowest BCUT2D eigenvalue weighted by Gasteiger charge is -2.25. The smallest absolute Gasteiger partial charge is 0.0897 e. The second-order valence-corrected chi connectivity index (χ2v) is 5.37. The van der Waals surface area contributed by atoms with Crippen LogP contribution in [0.1, 0.15) is 23.2 Å². The molecule has 2 rings (SSSR count). The number of nitrogens with one attached hydrogen (secondary N) is 1. The summed E-state index contributed by atoms with van der Waals surface area (Å²) >= 11 is 1.82. The Morgan fingerprint density at radius 2 is 2.53 bits per heavy atom. The zero-order valence-electron chi connectivity index (χ0n) is 9.49. The second-order valence-electron chi connectivity index (χ2n) is 4.06. The molecule has 0 bridgehead atoms. The number of hydrogen-bond acceptors (Lipinski definition) is 4. The van der Waals surface area contributed by atoms with Crippen LogP contribution in [0.4, 0.5) is 0 Å². The number of nitrogens with zero attached hydrogens (tertiary/aromatic N) is 2. The first-order valence-electron chi connectivity index (χ1n) is 5.65. The van der Waals surface area contributed by atoms with Crippen LogP contribution in [0.25, 0.3) is 0 Å². The Hall–Kier alpha value is -0.450. The van der Waals surface area contributed by atoms with E-state index in [4.69, 9.17) is 0 Å². The molecule has 1 aromatic rings. The molecule has 1 fully saturated rings. The van der Waals surface area contributed by atoms with Crippen molar-refractivity contribution < 1.29 is 0 Å². The number of thiazole rings is 1. The maximum Gasteiger partial charge on any atom is 0.0897 e. The van der Waals surface area contributed by atoms with Gasteiger partial charge >= 0.3 is 0 Å². The average molecular weight is 225 g/mol. The van der Waals surface area contributed by atoms with E-state index in [1.165, 1.54) is 22.9 Å². The molecule has 1 saturated heterocycles. The normalized spacial score (nSPS) is 21.4. The van der Waals surface area contributed by atoms with E-state index in [1.54, 1.807) is 0 Å². The predicted molar refractivity (Wildman–Crippen MR) is 64.2 cm³/mol. The minimum absolute atomic E-state index is 0.720. The molecule has 0 amide bonds. The Kier molecular flexibility index (Phi) is 3.72. The van der Waals surface area contributed by atoms with Crippen LogP contribution in [0, 0.1) is 6.92 Å². The second kappa shape index (κ2) is 5.05. The number of likely N-dealkylation sites (N-methyl/N-ethyl adjacent to an activating group) is 1. The van der Waals surface area contributed by atoms with Gasteiger partial charge in [-0.3, -0.25) is 4.90 Å². The van der Waals surface area contributed by atoms with E-state index in [1.807, 2.05) is 17.5 Å². The number of aromatic nitrogens is 1. The van der Waals surface area contributed by atoms with Crippen LogP contribution in [-0.2, 0) is 6.54 Å². The number of rotatable bonds is 4. The lowest BCUT2D eigenvalue weighted by atomic mass is 10.2. The largest absolute Gasteiger partial charge is 0.315 e. The third-order valence-electron chi connectivity index (χ3n) is 2.98. The Labute approximate surface area is 95.5 Å². The molecule has 1 aliphatic heterocycles. The third-order valence-corrected chi connectivity index (χ3v) is 3.88. The Balaban J connectivity index is 1.95. The van der Waals surface area contributed by atoms with Crippen molar-refractivity contribution in [1.29, 1.82) is 0 Å². The molecular weight excluding hydrogens is 206 g/mol. The lowest BCUT2D eigenvalue weighted by Crippen LogP contribution is -2.35. The van der Waals surface area contributed by atoms with E-state index in [0.717, 1.165) is 25.7 Å². The molecule has 0 aromatic carbocycles. The highest BCUT2D eigenvalue weighted by molar-refractivity contribution is 7.11. The summed E-state index contributed by atoms with van der Waals surface area (Å²) in [4.78, 5) is 8.25. The van der Waals surface area contributed by atoms with Crippen molar-refractivity contribution in [3.63, 3.8) is 0 Å². The summed E-state index contributed by atoms with van der Waals surface area (Å²) in [5, 5.41) is 4.60. The molecule has 0 aliphatic carbocycles. The van der Waals surface area contributed by atoms with Gasteiger partial charge in [0.2, 0.25) is 0 Å². The topological polar surface area (TPSA) is 28.2 Å². The molecule has 1 aromatic heterocycles. The molecule has 2 heterocycles. The van der Waals surface area contributed by atoms with Gasteiger partial charge in [0, 0.05) is 30.2 Å². The lowest BCUT2D eigenvalue weighted by molar-refractivity contribution is 0.212. The SMILES string of the molecule is CCN(Cc1cnc(C)s1)C1CCNC1. The fourth-order valence-electron chi connectivity index (χ4n) is 2.13. The maximum absolute atomic E-state index is 4.31. The van der Waals surface area contributed by atoms with E-state index in [-0.39, 0.29) is 0 Å². The molecule has 0 saturated carbocycles. The Morgan fingerprint density at radius 3 is 3.07 bits per heavy atom. The monoisotopic (exact) mass is 225 g/mol. The van der Waals surface area contributed by atoms with Gasteiger partial charge in [-0.2, -0.15) is 0 Å². The van der Waals surface area contributed by atoms with E-state index in [9.17, 15) is 0 Å². The predicted octanol–water partition coefficient (Wildman–Crippen LogP) is 1.64. The van der Waals surface area contributed by atoms with Crippen molar-refractivity contribution in [1.82, 2.24) is 15.2 Å². The van der Waals surface area contributed by atoms with Crippen molar-refractivity contribution in [2.24, 2.45) is 0 Å². The molecule has 84 valence electrons. The average Bonchev–Trinajstić information content (AvgIpc) is 2.85. The molecule has 0 radical (unpaired) electrons. The summed E-state index contributed by atoms with van der Waals surface area (Å²) in [6.07, 6.45) is 3.30. The zero-order chi connectivity index (χ0) is 10.7. The van der Waals surface area contributed by atoms with Crippen LogP contribution in [0.2, 0.25) is 0 Å². The standard InChI is InChI=1S/C11H19N3S/c1-3-14(10-4-5-12-6-10)8-11-7-13-9(2)15-11/h7,10,12H,3-6,8H2,1-2H3. The minimum Gasteiger partial charge on any atom is -0.315 e. The maximum atomic E-state index is 4.31. The summed E-state index contributed by atoms with van der Waals surface area (Å²) in [5.74, 6) is 0. The highest BCUT2D eigenvalue weighted by Gasteiger charge is 2.21. The van der Waals surface area contributed by atoms with Crippen molar-refractivity contribution in [2.75, 3.05) is 19.6 Å². The van der Waals surface area contributed by atoms with Gasteiger partial charge in [0.15, 0.2) is 0 Å². The van der Waals surface area contributed by atoms with Crippen LogP contribution in [0.15, 0.2) is 6.20 Å². The molecule has 3 nitrogen and oxygen atoms in total. The van der Waals surface area contributed by atoms with E-state index >= 15 is 0 Å². The first-order chi connectivity index (χ1) is 7.29. The molecule has 1 N–H and O–H groups in total. The Bertz CT molecular complexity index is 305. The van der Waals surface area contributed by atoms with E-state index in [2.05, 4.69) is 29.0 Å². The van der Waals surface area contributed by atoms with Crippen LogP contribution in [0.5, 0.6) is 0 Å². The first kappa shape index (κ1) is 11.0. The molecule has 1 atom stereocenters. The van der Waals surface area contributed by atoms with Crippen molar-refractivity contribution >= 4 is 11.3 Å². The molecule has 1 unspecified atom stereocenters. The van der Waals surface area contributed by atoms with Gasteiger partial charge in [-0.05, 0) is 26.4 Å². The summed E-state index contributed by atoms with van der Waals surface area (Å²) < 4.78 is 0. The summed E-state index contributed by atoms with van der Waals surface area (Å²) in [5.41, 5.74) is 0. The highest BCUT2D eigenvalue weighted by Crippen LogP contribution is 2.17. The van der Waals surface area contributed by atoms with Crippen molar-refractivity contribution in [3.05, 3.63) is 16.1 Å². The number of hydrogen-bond donors (Lipinski definition) is 1. The first-order valence-corrected chi connectivity index (χ1v) is 6.47. The molecule has 15 heavy (non-hydrogen) atoms. The summed E-state index contributed by atoms with van der Waals surface area (Å²) in [6.45, 7) is 8.82. The Morgan fingerprint density at radius 1 is 1.67 bits per heavy atom. The van der Waals surface area contributed by atoms with Crippen molar-refractivity contribution in [2.45, 2.75) is 32.9 Å². The summed E-state index contributed by atoms with van der Waals surface area (Å²) in [6, 6.07) is 0.720. The molecule has 1 aliphatic rings. The zero-order valence-corrected chi connectivity index (χ0v) is 10.3. The van der Waals surface area contributed by atoms with Gasteiger partial charge in [0.25, 0.3) is 0 Å². The van der Waals surface area contributed by atoms with Gasteiger partial charge in [-0.25, -0.2) is 4.98 Å². The van der Waals surface area contributed by atoms with Crippen LogP contribution >= 0.6 is 11.3 Å². The van der Waals surface area contributed by atoms with Gasteiger partial charge in [-0.1, -0.05) is 6.92 Å². The van der Waals surface area contributed by atoms with E-state index < -0.39 is 0 Å². The van der Waals surface area contributed by atoms with Gasteiger partial charge in [0.1, 0.15) is 0 Å². The highest BCUT2D eigenvalue weighted by atomic mass is 32.1. The van der Waals surface area contributed by atoms with Crippen LogP contribution < -0.4 is 5.32 Å². The molecule has 0 spiro atoms. The van der Waals surface area contributed by atoms with Crippen LogP contribution in [-0.4, -0.2) is 35.6 Å². The van der Waals surface area contributed by atoms with Crippen molar-refractivity contribution in [3.8, 4) is 0 Å². The minimum atomic E-state index is 0.720. The fraction of sp³-hybridized carbons (Fsp3) is 0.727. The van der Waals surface area contributed by atoms with Gasteiger partial charge < -0.3 is 5.32 Å². The summed E-state index contributed by atoms with van der Waals surface area (Å²) in [7, 11) is 0. The van der Waals surface area contributed by atoms with Crippen LogP contribution in [0.3, 0.4) is 0 Å².